The Kier molecular flexibility index (Phi) is 6.17. The van der Waals surface area contributed by atoms with E-state index in [1.165, 1.54) is 17.2 Å². The molecule has 0 saturated carbocycles. The molecule has 20 heavy (non-hydrogen) atoms. The van der Waals surface area contributed by atoms with Gasteiger partial charge in [-0.1, -0.05) is 18.5 Å². The number of rotatable bonds is 7. The van der Waals surface area contributed by atoms with Gasteiger partial charge in [-0.3, -0.25) is 14.9 Å². The van der Waals surface area contributed by atoms with Gasteiger partial charge in [-0.25, -0.2) is 4.98 Å². The first kappa shape index (κ1) is 16.2. The average molecular weight is 302 g/mol. The molecule has 110 valence electrons. The van der Waals surface area contributed by atoms with E-state index < -0.39 is 10.9 Å². The molecule has 0 aliphatic carbocycles. The summed E-state index contributed by atoms with van der Waals surface area (Å²) in [5.74, 6) is -0.332. The highest BCUT2D eigenvalue weighted by atomic mass is 35.5. The second-order valence-corrected chi connectivity index (χ2v) is 4.42. The maximum atomic E-state index is 11.6. The molecule has 0 N–H and O–H groups in total. The number of anilines is 1. The van der Waals surface area contributed by atoms with Crippen molar-refractivity contribution in [3.63, 3.8) is 0 Å². The number of aromatic nitrogens is 1. The van der Waals surface area contributed by atoms with Gasteiger partial charge in [0.05, 0.1) is 16.6 Å². The van der Waals surface area contributed by atoms with Crippen molar-refractivity contribution in [2.45, 2.75) is 20.3 Å². The summed E-state index contributed by atoms with van der Waals surface area (Å²) in [5, 5.41) is 11.2. The zero-order chi connectivity index (χ0) is 15.1. The Hall–Kier alpha value is -1.89. The van der Waals surface area contributed by atoms with Crippen LogP contribution in [0.25, 0.3) is 0 Å². The topological polar surface area (TPSA) is 85.6 Å². The molecule has 1 aromatic heterocycles. The lowest BCUT2D eigenvalue weighted by atomic mass is 10.3. The third-order valence-corrected chi connectivity index (χ3v) is 2.64. The molecule has 0 radical (unpaired) electrons. The fourth-order valence-electron chi connectivity index (χ4n) is 1.69. The van der Waals surface area contributed by atoms with Gasteiger partial charge in [0.1, 0.15) is 6.54 Å². The van der Waals surface area contributed by atoms with Crippen molar-refractivity contribution in [2.24, 2.45) is 0 Å². The number of hydrogen-bond acceptors (Lipinski definition) is 6. The highest BCUT2D eigenvalue weighted by Gasteiger charge is 2.23. The quantitative estimate of drug-likeness (QED) is 0.437. The lowest BCUT2D eigenvalue weighted by Crippen LogP contribution is -2.32. The van der Waals surface area contributed by atoms with Crippen LogP contribution in [0.1, 0.15) is 20.3 Å². The number of halogens is 1. The molecule has 8 heteroatoms. The first-order valence-electron chi connectivity index (χ1n) is 6.20. The predicted octanol–water partition coefficient (Wildman–Crippen LogP) is 2.42. The van der Waals surface area contributed by atoms with Gasteiger partial charge < -0.3 is 9.64 Å². The van der Waals surface area contributed by atoms with Crippen LogP contribution in [0, 0.1) is 10.1 Å². The molecular formula is C12H16ClN3O4. The smallest absolute Gasteiger partial charge is 0.325 e. The first-order valence-corrected chi connectivity index (χ1v) is 6.57. The lowest BCUT2D eigenvalue weighted by Gasteiger charge is -2.21. The Morgan fingerprint density at radius 2 is 2.25 bits per heavy atom. The third kappa shape index (κ3) is 4.34. The van der Waals surface area contributed by atoms with E-state index in [2.05, 4.69) is 4.98 Å². The van der Waals surface area contributed by atoms with Crippen molar-refractivity contribution >= 4 is 29.1 Å². The minimum atomic E-state index is -0.567. The van der Waals surface area contributed by atoms with Gasteiger partial charge in [-0.15, -0.1) is 0 Å². The summed E-state index contributed by atoms with van der Waals surface area (Å²) >= 11 is 5.72. The molecule has 0 spiro atoms. The van der Waals surface area contributed by atoms with E-state index in [1.807, 2.05) is 6.92 Å². The standard InChI is InChI=1S/C12H16ClN3O4/c1-3-5-15(8-11(17)20-4-2)12-10(16(18)19)6-9(13)7-14-12/h6-7H,3-5,8H2,1-2H3. The van der Waals surface area contributed by atoms with E-state index >= 15 is 0 Å². The van der Waals surface area contributed by atoms with Gasteiger partial charge in [0.25, 0.3) is 0 Å². The number of carbonyl (C=O) groups is 1. The molecule has 0 fully saturated rings. The maximum Gasteiger partial charge on any atom is 0.325 e. The van der Waals surface area contributed by atoms with E-state index in [4.69, 9.17) is 16.3 Å². The molecule has 0 bridgehead atoms. The normalized spacial score (nSPS) is 10.2. The summed E-state index contributed by atoms with van der Waals surface area (Å²) in [6.07, 6.45) is 2.03. The fraction of sp³-hybridized carbons (Fsp3) is 0.500. The summed E-state index contributed by atoms with van der Waals surface area (Å²) in [5.41, 5.74) is -0.227. The van der Waals surface area contributed by atoms with Crippen LogP contribution in [0.15, 0.2) is 12.3 Å². The molecule has 1 rings (SSSR count). The highest BCUT2D eigenvalue weighted by Crippen LogP contribution is 2.28. The van der Waals surface area contributed by atoms with E-state index in [9.17, 15) is 14.9 Å². The average Bonchev–Trinajstić information content (AvgIpc) is 2.38. The van der Waals surface area contributed by atoms with Gasteiger partial charge in [-0.2, -0.15) is 0 Å². The first-order chi connectivity index (χ1) is 9.49. The van der Waals surface area contributed by atoms with Crippen LogP contribution in [0.2, 0.25) is 5.02 Å². The zero-order valence-corrected chi connectivity index (χ0v) is 12.1. The van der Waals surface area contributed by atoms with Crippen LogP contribution in [0.3, 0.4) is 0 Å². The Labute approximate surface area is 121 Å². The van der Waals surface area contributed by atoms with Crippen LogP contribution in [-0.4, -0.2) is 35.6 Å². The van der Waals surface area contributed by atoms with Crippen LogP contribution >= 0.6 is 11.6 Å². The van der Waals surface area contributed by atoms with E-state index in [-0.39, 0.29) is 29.7 Å². The van der Waals surface area contributed by atoms with E-state index in [1.54, 1.807) is 6.92 Å². The number of nitrogens with zero attached hydrogens (tertiary/aromatic N) is 3. The van der Waals surface area contributed by atoms with Gasteiger partial charge in [-0.05, 0) is 13.3 Å². The van der Waals surface area contributed by atoms with Gasteiger partial charge in [0, 0.05) is 18.8 Å². The molecule has 0 atom stereocenters. The number of esters is 1. The molecule has 0 saturated heterocycles. The van der Waals surface area contributed by atoms with Crippen molar-refractivity contribution in [1.29, 1.82) is 0 Å². The second kappa shape index (κ2) is 7.64. The van der Waals surface area contributed by atoms with Gasteiger partial charge in [0.2, 0.25) is 5.82 Å². The highest BCUT2D eigenvalue weighted by molar-refractivity contribution is 6.30. The Morgan fingerprint density at radius 3 is 2.80 bits per heavy atom. The molecule has 0 aliphatic heterocycles. The maximum absolute atomic E-state index is 11.6. The van der Waals surface area contributed by atoms with Crippen LogP contribution in [-0.2, 0) is 9.53 Å². The van der Waals surface area contributed by atoms with Crippen molar-refractivity contribution in [3.05, 3.63) is 27.4 Å². The van der Waals surface area contributed by atoms with Gasteiger partial charge in [0.15, 0.2) is 0 Å². The van der Waals surface area contributed by atoms with Crippen LogP contribution in [0.5, 0.6) is 0 Å². The fourth-order valence-corrected chi connectivity index (χ4v) is 1.84. The molecule has 0 aromatic carbocycles. The van der Waals surface area contributed by atoms with Crippen molar-refractivity contribution in [2.75, 3.05) is 24.6 Å². The largest absolute Gasteiger partial charge is 0.465 e. The predicted molar refractivity (Wildman–Crippen MR) is 75.0 cm³/mol. The number of ether oxygens (including phenoxy) is 1. The molecular weight excluding hydrogens is 286 g/mol. The summed E-state index contributed by atoms with van der Waals surface area (Å²) in [4.78, 5) is 27.5. The van der Waals surface area contributed by atoms with Crippen LogP contribution < -0.4 is 4.90 Å². The minimum absolute atomic E-state index is 0.0862. The zero-order valence-electron chi connectivity index (χ0n) is 11.3. The molecule has 1 heterocycles. The Balaban J connectivity index is 3.07. The minimum Gasteiger partial charge on any atom is -0.465 e. The monoisotopic (exact) mass is 301 g/mol. The number of carbonyl (C=O) groups excluding carboxylic acids is 1. The van der Waals surface area contributed by atoms with Crippen LogP contribution in [0.4, 0.5) is 11.5 Å². The number of hydrogen-bond donors (Lipinski definition) is 0. The third-order valence-electron chi connectivity index (χ3n) is 2.43. The molecule has 1 aromatic rings. The molecule has 0 amide bonds. The molecule has 0 unspecified atom stereocenters. The summed E-state index contributed by atoms with van der Waals surface area (Å²) < 4.78 is 4.86. The Bertz CT molecular complexity index is 496. The second-order valence-electron chi connectivity index (χ2n) is 3.98. The van der Waals surface area contributed by atoms with Crippen molar-refractivity contribution in [1.82, 2.24) is 4.98 Å². The lowest BCUT2D eigenvalue weighted by molar-refractivity contribution is -0.384. The van der Waals surface area contributed by atoms with E-state index in [0.29, 0.717) is 13.0 Å². The molecule has 7 nitrogen and oxygen atoms in total. The van der Waals surface area contributed by atoms with E-state index in [0.717, 1.165) is 0 Å². The number of nitro groups is 1. The Morgan fingerprint density at radius 1 is 1.55 bits per heavy atom. The summed E-state index contributed by atoms with van der Waals surface area (Å²) in [7, 11) is 0. The summed E-state index contributed by atoms with van der Waals surface area (Å²) in [6.45, 7) is 4.23. The SMILES string of the molecule is CCCN(CC(=O)OCC)c1ncc(Cl)cc1[N+](=O)[O-]. The summed E-state index contributed by atoms with van der Waals surface area (Å²) in [6, 6.07) is 1.22. The number of pyridine rings is 1. The van der Waals surface area contributed by atoms with Crippen molar-refractivity contribution in [3.8, 4) is 0 Å². The molecule has 0 aliphatic rings. The van der Waals surface area contributed by atoms with Crippen molar-refractivity contribution < 1.29 is 14.5 Å². The van der Waals surface area contributed by atoms with Gasteiger partial charge >= 0.3 is 11.7 Å².